The summed E-state index contributed by atoms with van der Waals surface area (Å²) < 4.78 is 32.8. The number of sulfonamides is 1. The van der Waals surface area contributed by atoms with E-state index in [1.54, 1.807) is 0 Å². The van der Waals surface area contributed by atoms with Gasteiger partial charge in [0.15, 0.2) is 0 Å². The Morgan fingerprint density at radius 1 is 1.45 bits per heavy atom. The van der Waals surface area contributed by atoms with E-state index in [1.165, 1.54) is 19.2 Å². The Hall–Kier alpha value is -0.820. The van der Waals surface area contributed by atoms with E-state index >= 15 is 0 Å². The van der Waals surface area contributed by atoms with Gasteiger partial charge >= 0.3 is 0 Å². The lowest BCUT2D eigenvalue weighted by atomic mass is 9.80. The van der Waals surface area contributed by atoms with Crippen LogP contribution in [-0.2, 0) is 16.6 Å². The summed E-state index contributed by atoms with van der Waals surface area (Å²) in [6.45, 7) is 1.53. The maximum absolute atomic E-state index is 12.5. The molecule has 0 spiro atoms. The molecule has 112 valence electrons. The largest absolute Gasteiger partial charge is 0.495 e. The molecule has 0 aliphatic heterocycles. The normalized spacial score (nSPS) is 17.6. The van der Waals surface area contributed by atoms with Crippen molar-refractivity contribution in [1.29, 1.82) is 0 Å². The average molecular weight is 320 g/mol. The summed E-state index contributed by atoms with van der Waals surface area (Å²) in [4.78, 5) is -0.0373. The number of hydrogen-bond acceptors (Lipinski definition) is 4. The van der Waals surface area contributed by atoms with Crippen LogP contribution < -0.4 is 9.46 Å². The zero-order valence-corrected chi connectivity index (χ0v) is 13.0. The van der Waals surface area contributed by atoms with Gasteiger partial charge in [-0.1, -0.05) is 11.6 Å². The molecule has 1 aromatic rings. The number of benzene rings is 1. The molecule has 1 aromatic carbocycles. The molecule has 1 aliphatic rings. The van der Waals surface area contributed by atoms with Gasteiger partial charge < -0.3 is 9.84 Å². The first-order valence-electron chi connectivity index (χ1n) is 6.32. The van der Waals surface area contributed by atoms with Crippen molar-refractivity contribution < 1.29 is 18.3 Å². The van der Waals surface area contributed by atoms with Crippen LogP contribution in [-0.4, -0.2) is 26.2 Å². The van der Waals surface area contributed by atoms with Gasteiger partial charge in [0.05, 0.1) is 13.7 Å². The van der Waals surface area contributed by atoms with Gasteiger partial charge in [-0.15, -0.1) is 0 Å². The summed E-state index contributed by atoms with van der Waals surface area (Å²) >= 11 is 5.92. The van der Waals surface area contributed by atoms with E-state index < -0.39 is 15.6 Å². The van der Waals surface area contributed by atoms with Crippen LogP contribution in [0.25, 0.3) is 0 Å². The molecule has 0 radical (unpaired) electrons. The summed E-state index contributed by atoms with van der Waals surface area (Å²) in [5.74, 6) is 0.132. The third kappa shape index (κ3) is 2.93. The summed E-state index contributed by atoms with van der Waals surface area (Å²) in [5, 5.41) is 9.54. The topological polar surface area (TPSA) is 75.6 Å². The standard InChI is InChI=1S/C13H18ClNO4S/c1-13(4-3-5-13)15-20(17,18)11-7-10(14)6-9(8-16)12(11)19-2/h6-7,15-16H,3-5,8H2,1-2H3. The number of aliphatic hydroxyl groups is 1. The first kappa shape index (κ1) is 15.6. The SMILES string of the molecule is COc1c(CO)cc(Cl)cc1S(=O)(=O)NC1(C)CCC1. The predicted molar refractivity (Wildman–Crippen MR) is 76.5 cm³/mol. The molecule has 1 saturated carbocycles. The monoisotopic (exact) mass is 319 g/mol. The van der Waals surface area contributed by atoms with E-state index in [-0.39, 0.29) is 22.3 Å². The fraction of sp³-hybridized carbons (Fsp3) is 0.538. The van der Waals surface area contributed by atoms with Crippen LogP contribution in [0.1, 0.15) is 31.7 Å². The van der Waals surface area contributed by atoms with E-state index in [2.05, 4.69) is 4.72 Å². The van der Waals surface area contributed by atoms with Gasteiger partial charge in [-0.25, -0.2) is 13.1 Å². The Kier molecular flexibility index (Phi) is 4.30. The fourth-order valence-electron chi connectivity index (χ4n) is 2.36. The van der Waals surface area contributed by atoms with Crippen LogP contribution in [0.4, 0.5) is 0 Å². The van der Waals surface area contributed by atoms with Crippen molar-refractivity contribution >= 4 is 21.6 Å². The van der Waals surface area contributed by atoms with Crippen molar-refractivity contribution in [2.75, 3.05) is 7.11 Å². The zero-order chi connectivity index (χ0) is 15.0. The third-order valence-corrected chi connectivity index (χ3v) is 5.46. The number of nitrogens with one attached hydrogen (secondary N) is 1. The number of ether oxygens (including phenoxy) is 1. The van der Waals surface area contributed by atoms with Gasteiger partial charge in [0, 0.05) is 16.1 Å². The number of aliphatic hydroxyl groups excluding tert-OH is 1. The number of methoxy groups -OCH3 is 1. The van der Waals surface area contributed by atoms with E-state index in [0.717, 1.165) is 19.3 Å². The van der Waals surface area contributed by atoms with Gasteiger partial charge in [-0.3, -0.25) is 0 Å². The van der Waals surface area contributed by atoms with Gasteiger partial charge in [-0.05, 0) is 38.3 Å². The first-order valence-corrected chi connectivity index (χ1v) is 8.19. The highest BCUT2D eigenvalue weighted by Gasteiger charge is 2.37. The third-order valence-electron chi connectivity index (χ3n) is 3.60. The van der Waals surface area contributed by atoms with Crippen molar-refractivity contribution in [3.8, 4) is 5.75 Å². The highest BCUT2D eigenvalue weighted by atomic mass is 35.5. The Labute approximate surface area is 124 Å². The summed E-state index contributed by atoms with van der Waals surface area (Å²) in [7, 11) is -2.38. The molecule has 1 fully saturated rings. The predicted octanol–water partition coefficient (Wildman–Crippen LogP) is 2.06. The van der Waals surface area contributed by atoms with Gasteiger partial charge in [0.25, 0.3) is 0 Å². The van der Waals surface area contributed by atoms with Crippen LogP contribution in [0.3, 0.4) is 0 Å². The average Bonchev–Trinajstić information content (AvgIpc) is 2.35. The summed E-state index contributed by atoms with van der Waals surface area (Å²) in [5.41, 5.74) is -0.0647. The van der Waals surface area contributed by atoms with Crippen molar-refractivity contribution in [2.45, 2.75) is 43.2 Å². The number of halogens is 1. The van der Waals surface area contributed by atoms with Crippen molar-refractivity contribution in [2.24, 2.45) is 0 Å². The highest BCUT2D eigenvalue weighted by molar-refractivity contribution is 7.89. The zero-order valence-electron chi connectivity index (χ0n) is 11.4. The van der Waals surface area contributed by atoms with Crippen LogP contribution in [0, 0.1) is 0 Å². The second-order valence-corrected chi connectivity index (χ2v) is 7.36. The maximum atomic E-state index is 12.5. The fourth-order valence-corrected chi connectivity index (χ4v) is 4.37. The van der Waals surface area contributed by atoms with Crippen LogP contribution >= 0.6 is 11.6 Å². The second-order valence-electron chi connectivity index (χ2n) is 5.27. The van der Waals surface area contributed by atoms with Crippen molar-refractivity contribution in [3.05, 3.63) is 22.7 Å². The Morgan fingerprint density at radius 2 is 2.10 bits per heavy atom. The molecule has 0 unspecified atom stereocenters. The van der Waals surface area contributed by atoms with E-state index in [1.807, 2.05) is 6.92 Å². The Balaban J connectivity index is 2.47. The lowest BCUT2D eigenvalue weighted by molar-refractivity contribution is 0.247. The molecule has 1 aliphatic carbocycles. The molecule has 0 heterocycles. The van der Waals surface area contributed by atoms with Crippen LogP contribution in [0.5, 0.6) is 5.75 Å². The van der Waals surface area contributed by atoms with Crippen LogP contribution in [0.15, 0.2) is 17.0 Å². The molecule has 0 atom stereocenters. The van der Waals surface area contributed by atoms with E-state index in [0.29, 0.717) is 5.56 Å². The molecule has 0 bridgehead atoms. The quantitative estimate of drug-likeness (QED) is 0.871. The molecule has 20 heavy (non-hydrogen) atoms. The second kappa shape index (κ2) is 5.52. The molecule has 7 heteroatoms. The lowest BCUT2D eigenvalue weighted by Gasteiger charge is -2.38. The number of hydrogen-bond donors (Lipinski definition) is 2. The molecule has 0 saturated heterocycles. The Bertz CT molecular complexity index is 611. The first-order chi connectivity index (χ1) is 9.31. The van der Waals surface area contributed by atoms with E-state index in [9.17, 15) is 13.5 Å². The summed E-state index contributed by atoms with van der Waals surface area (Å²) in [6, 6.07) is 2.83. The summed E-state index contributed by atoms with van der Waals surface area (Å²) in [6.07, 6.45) is 2.62. The Morgan fingerprint density at radius 3 is 2.55 bits per heavy atom. The van der Waals surface area contributed by atoms with Crippen molar-refractivity contribution in [3.63, 3.8) is 0 Å². The molecule has 0 aromatic heterocycles. The molecule has 2 N–H and O–H groups in total. The molecular formula is C13H18ClNO4S. The molecular weight excluding hydrogens is 302 g/mol. The smallest absolute Gasteiger partial charge is 0.244 e. The maximum Gasteiger partial charge on any atom is 0.244 e. The van der Waals surface area contributed by atoms with E-state index in [4.69, 9.17) is 16.3 Å². The highest BCUT2D eigenvalue weighted by Crippen LogP contribution is 2.36. The van der Waals surface area contributed by atoms with Gasteiger partial charge in [-0.2, -0.15) is 0 Å². The minimum atomic E-state index is -3.75. The molecule has 2 rings (SSSR count). The van der Waals surface area contributed by atoms with Gasteiger partial charge in [0.1, 0.15) is 10.6 Å². The van der Waals surface area contributed by atoms with Gasteiger partial charge in [0.2, 0.25) is 10.0 Å². The number of rotatable bonds is 5. The minimum Gasteiger partial charge on any atom is -0.495 e. The lowest BCUT2D eigenvalue weighted by Crippen LogP contribution is -2.50. The minimum absolute atomic E-state index is 0.0373. The molecule has 0 amide bonds. The van der Waals surface area contributed by atoms with Crippen LogP contribution in [0.2, 0.25) is 5.02 Å². The molecule has 5 nitrogen and oxygen atoms in total. The van der Waals surface area contributed by atoms with Crippen molar-refractivity contribution in [1.82, 2.24) is 4.72 Å².